The molecule has 1 aromatic rings. The van der Waals surface area contributed by atoms with Crippen molar-refractivity contribution in [2.75, 3.05) is 29.9 Å². The number of hydrogen-bond donors (Lipinski definition) is 2. The van der Waals surface area contributed by atoms with Crippen LogP contribution in [-0.2, 0) is 4.79 Å². The summed E-state index contributed by atoms with van der Waals surface area (Å²) < 4.78 is 0. The highest BCUT2D eigenvalue weighted by atomic mass is 32.2. The monoisotopic (exact) mass is 267 g/mol. The molecule has 1 saturated heterocycles. The molecule has 6 heteroatoms. The van der Waals surface area contributed by atoms with E-state index in [0.29, 0.717) is 22.2 Å². The molecule has 2 N–H and O–H groups in total. The third-order valence-corrected chi connectivity index (χ3v) is 4.49. The molecule has 17 heavy (non-hydrogen) atoms. The smallest absolute Gasteiger partial charge is 0.235 e. The minimum atomic E-state index is -0.0266. The van der Waals surface area contributed by atoms with Crippen LogP contribution < -0.4 is 10.6 Å². The minimum absolute atomic E-state index is 0.0266. The summed E-state index contributed by atoms with van der Waals surface area (Å²) in [6, 6.07) is 3.77. The number of anilines is 1. The van der Waals surface area contributed by atoms with E-state index >= 15 is 0 Å². The first-order chi connectivity index (χ1) is 8.29. The Bertz CT molecular complexity index is 434. The van der Waals surface area contributed by atoms with Gasteiger partial charge >= 0.3 is 0 Å². The Morgan fingerprint density at radius 1 is 1.71 bits per heavy atom. The molecular weight excluding hydrogens is 254 g/mol. The Hall–Kier alpha value is -1.03. The van der Waals surface area contributed by atoms with Crippen molar-refractivity contribution in [3.8, 4) is 6.07 Å². The van der Waals surface area contributed by atoms with Gasteiger partial charge in [-0.1, -0.05) is 0 Å². The molecule has 2 rings (SSSR count). The van der Waals surface area contributed by atoms with E-state index in [0.717, 1.165) is 18.8 Å². The molecule has 1 fully saturated rings. The molecule has 0 aromatic carbocycles. The maximum atomic E-state index is 11.6. The van der Waals surface area contributed by atoms with Gasteiger partial charge in [0.15, 0.2) is 0 Å². The fourth-order valence-corrected chi connectivity index (χ4v) is 3.14. The van der Waals surface area contributed by atoms with Gasteiger partial charge in [-0.05, 0) is 36.2 Å². The third kappa shape index (κ3) is 3.46. The van der Waals surface area contributed by atoms with E-state index in [2.05, 4.69) is 16.7 Å². The molecule has 90 valence electrons. The van der Waals surface area contributed by atoms with Crippen LogP contribution in [0.3, 0.4) is 0 Å². The van der Waals surface area contributed by atoms with Gasteiger partial charge in [-0.2, -0.15) is 17.0 Å². The van der Waals surface area contributed by atoms with Crippen LogP contribution in [0.15, 0.2) is 11.4 Å². The number of amides is 1. The van der Waals surface area contributed by atoms with Gasteiger partial charge in [0.1, 0.15) is 11.1 Å². The number of nitriles is 1. The molecule has 1 aliphatic heterocycles. The molecule has 1 amide bonds. The van der Waals surface area contributed by atoms with E-state index in [1.165, 1.54) is 11.3 Å². The van der Waals surface area contributed by atoms with Crippen LogP contribution in [0.25, 0.3) is 0 Å². The van der Waals surface area contributed by atoms with Crippen molar-refractivity contribution >= 4 is 34.0 Å². The number of thiophene rings is 1. The number of carbonyl (C=O) groups excluding carboxylic acids is 1. The predicted octanol–water partition coefficient (Wildman–Crippen LogP) is 1.51. The molecule has 0 unspecified atom stereocenters. The fourth-order valence-electron chi connectivity index (χ4n) is 1.44. The van der Waals surface area contributed by atoms with Crippen molar-refractivity contribution in [1.82, 2.24) is 5.32 Å². The molecule has 0 aliphatic carbocycles. The van der Waals surface area contributed by atoms with E-state index in [9.17, 15) is 4.79 Å². The highest BCUT2D eigenvalue weighted by molar-refractivity contribution is 7.99. The Morgan fingerprint density at radius 2 is 2.53 bits per heavy atom. The number of nitrogens with one attached hydrogen (secondary N) is 2. The molecular formula is C11H13N3OS2. The van der Waals surface area contributed by atoms with E-state index in [4.69, 9.17) is 5.26 Å². The fraction of sp³-hybridized carbons (Fsp3) is 0.455. The Morgan fingerprint density at radius 3 is 3.18 bits per heavy atom. The van der Waals surface area contributed by atoms with Gasteiger partial charge in [0, 0.05) is 0 Å². The first-order valence-electron chi connectivity index (χ1n) is 5.35. The van der Waals surface area contributed by atoms with Crippen LogP contribution in [-0.4, -0.2) is 30.5 Å². The highest BCUT2D eigenvalue weighted by Gasteiger charge is 2.17. The van der Waals surface area contributed by atoms with Gasteiger partial charge in [0.25, 0.3) is 0 Å². The summed E-state index contributed by atoms with van der Waals surface area (Å²) in [4.78, 5) is 11.6. The zero-order chi connectivity index (χ0) is 12.1. The number of nitrogens with zero attached hydrogens (tertiary/aromatic N) is 1. The summed E-state index contributed by atoms with van der Waals surface area (Å²) in [7, 11) is 0. The van der Waals surface area contributed by atoms with Crippen molar-refractivity contribution in [2.45, 2.75) is 0 Å². The summed E-state index contributed by atoms with van der Waals surface area (Å²) >= 11 is 3.03. The van der Waals surface area contributed by atoms with Gasteiger partial charge in [0.05, 0.1) is 11.3 Å². The minimum Gasteiger partial charge on any atom is -0.316 e. The summed E-state index contributed by atoms with van der Waals surface area (Å²) in [5.41, 5.74) is 0.538. The van der Waals surface area contributed by atoms with Crippen molar-refractivity contribution in [3.05, 3.63) is 17.0 Å². The zero-order valence-electron chi connectivity index (χ0n) is 9.23. The normalized spacial score (nSPS) is 15.0. The van der Waals surface area contributed by atoms with Crippen LogP contribution in [0.1, 0.15) is 5.56 Å². The number of carbonyl (C=O) groups is 1. The third-order valence-electron chi connectivity index (χ3n) is 2.49. The van der Waals surface area contributed by atoms with Gasteiger partial charge in [-0.25, -0.2) is 0 Å². The topological polar surface area (TPSA) is 64.9 Å². The van der Waals surface area contributed by atoms with Gasteiger partial charge < -0.3 is 10.6 Å². The number of rotatable bonds is 5. The number of thioether (sulfide) groups is 1. The molecule has 1 aromatic heterocycles. The summed E-state index contributed by atoms with van der Waals surface area (Å²) in [5.74, 6) is 2.17. The molecule has 0 spiro atoms. The van der Waals surface area contributed by atoms with Crippen LogP contribution >= 0.6 is 23.1 Å². The number of hydrogen-bond acceptors (Lipinski definition) is 5. The Kier molecular flexibility index (Phi) is 4.42. The largest absolute Gasteiger partial charge is 0.316 e. The van der Waals surface area contributed by atoms with Crippen LogP contribution in [0.5, 0.6) is 0 Å². The Labute approximate surface area is 108 Å². The lowest BCUT2D eigenvalue weighted by molar-refractivity contribution is -0.113. The molecule has 1 aliphatic rings. The van der Waals surface area contributed by atoms with E-state index in [-0.39, 0.29) is 5.91 Å². The van der Waals surface area contributed by atoms with Crippen molar-refractivity contribution in [3.63, 3.8) is 0 Å². The second-order valence-electron chi connectivity index (χ2n) is 3.86. The SMILES string of the molecule is N#Cc1ccsc1NC(=O)CSCC1CNC1. The molecule has 4 nitrogen and oxygen atoms in total. The van der Waals surface area contributed by atoms with Gasteiger partial charge in [-0.3, -0.25) is 4.79 Å². The maximum Gasteiger partial charge on any atom is 0.235 e. The molecule has 0 radical (unpaired) electrons. The van der Waals surface area contributed by atoms with Crippen LogP contribution in [0.4, 0.5) is 5.00 Å². The van der Waals surface area contributed by atoms with Crippen LogP contribution in [0.2, 0.25) is 0 Å². The molecule has 0 bridgehead atoms. The second-order valence-corrected chi connectivity index (χ2v) is 5.81. The maximum absolute atomic E-state index is 11.6. The Balaban J connectivity index is 1.71. The molecule has 0 saturated carbocycles. The predicted molar refractivity (Wildman–Crippen MR) is 71.3 cm³/mol. The first kappa shape index (κ1) is 12.4. The average Bonchev–Trinajstić information content (AvgIpc) is 2.69. The van der Waals surface area contributed by atoms with E-state index in [1.54, 1.807) is 23.2 Å². The second kappa shape index (κ2) is 6.05. The van der Waals surface area contributed by atoms with Crippen molar-refractivity contribution in [1.29, 1.82) is 5.26 Å². The van der Waals surface area contributed by atoms with Crippen molar-refractivity contribution < 1.29 is 4.79 Å². The molecule has 0 atom stereocenters. The quantitative estimate of drug-likeness (QED) is 0.849. The van der Waals surface area contributed by atoms with Crippen molar-refractivity contribution in [2.24, 2.45) is 5.92 Å². The standard InChI is InChI=1S/C11H13N3OS2/c12-3-9-1-2-17-11(9)14-10(15)7-16-6-8-4-13-5-8/h1-2,8,13H,4-7H2,(H,14,15). The summed E-state index contributed by atoms with van der Waals surface area (Å²) in [6.45, 7) is 2.14. The average molecular weight is 267 g/mol. The zero-order valence-corrected chi connectivity index (χ0v) is 10.9. The van der Waals surface area contributed by atoms with Gasteiger partial charge in [0.2, 0.25) is 5.91 Å². The van der Waals surface area contributed by atoms with E-state index in [1.807, 2.05) is 0 Å². The summed E-state index contributed by atoms with van der Waals surface area (Å²) in [6.07, 6.45) is 0. The lowest BCUT2D eigenvalue weighted by Crippen LogP contribution is -2.43. The summed E-state index contributed by atoms with van der Waals surface area (Å²) in [5, 5.41) is 17.2. The first-order valence-corrected chi connectivity index (χ1v) is 7.39. The van der Waals surface area contributed by atoms with Crippen LogP contribution in [0, 0.1) is 17.2 Å². The lowest BCUT2D eigenvalue weighted by atomic mass is 10.1. The highest BCUT2D eigenvalue weighted by Crippen LogP contribution is 2.22. The lowest BCUT2D eigenvalue weighted by Gasteiger charge is -2.26. The van der Waals surface area contributed by atoms with Gasteiger partial charge in [-0.15, -0.1) is 11.3 Å². The molecule has 2 heterocycles. The van der Waals surface area contributed by atoms with E-state index < -0.39 is 0 Å².